The highest BCUT2D eigenvalue weighted by Crippen LogP contribution is 2.30. The van der Waals surface area contributed by atoms with Crippen LogP contribution in [-0.4, -0.2) is 49.8 Å². The van der Waals surface area contributed by atoms with E-state index in [9.17, 15) is 0 Å². The average molecular weight is 268 g/mol. The van der Waals surface area contributed by atoms with Crippen molar-refractivity contribution in [3.63, 3.8) is 0 Å². The molecule has 0 aromatic heterocycles. The van der Waals surface area contributed by atoms with Crippen molar-refractivity contribution in [2.75, 3.05) is 32.8 Å². The molecule has 2 fully saturated rings. The van der Waals surface area contributed by atoms with E-state index in [1.54, 1.807) is 0 Å². The second-order valence-corrected chi connectivity index (χ2v) is 6.32. The van der Waals surface area contributed by atoms with Crippen molar-refractivity contribution in [1.29, 1.82) is 0 Å². The highest BCUT2D eigenvalue weighted by molar-refractivity contribution is 4.89. The second-order valence-electron chi connectivity index (χ2n) is 6.32. The summed E-state index contributed by atoms with van der Waals surface area (Å²) < 4.78 is 5.49. The summed E-state index contributed by atoms with van der Waals surface area (Å²) in [5.74, 6) is 0.931. The summed E-state index contributed by atoms with van der Waals surface area (Å²) in [6.45, 7) is 9.79. The number of hydrogen-bond acceptors (Lipinski definition) is 3. The lowest BCUT2D eigenvalue weighted by Crippen LogP contribution is -2.58. The molecule has 1 aliphatic heterocycles. The number of piperazine rings is 1. The van der Waals surface area contributed by atoms with Crippen LogP contribution in [0.5, 0.6) is 0 Å². The topological polar surface area (TPSA) is 24.5 Å². The van der Waals surface area contributed by atoms with E-state index in [4.69, 9.17) is 4.74 Å². The van der Waals surface area contributed by atoms with Crippen molar-refractivity contribution in [1.82, 2.24) is 10.2 Å². The molecule has 2 aliphatic rings. The van der Waals surface area contributed by atoms with Crippen LogP contribution in [0.1, 0.15) is 52.4 Å². The molecule has 0 bridgehead atoms. The first kappa shape index (κ1) is 15.3. The molecule has 3 nitrogen and oxygen atoms in total. The van der Waals surface area contributed by atoms with Gasteiger partial charge in [0.2, 0.25) is 0 Å². The predicted octanol–water partition coefficient (Wildman–Crippen LogP) is 2.66. The fourth-order valence-corrected chi connectivity index (χ4v) is 3.76. The van der Waals surface area contributed by atoms with Crippen LogP contribution in [0, 0.1) is 5.92 Å². The summed E-state index contributed by atoms with van der Waals surface area (Å²) >= 11 is 0. The number of nitrogens with zero attached hydrogens (tertiary/aromatic N) is 1. The van der Waals surface area contributed by atoms with Crippen molar-refractivity contribution in [3.05, 3.63) is 0 Å². The molecule has 2 atom stereocenters. The van der Waals surface area contributed by atoms with Gasteiger partial charge >= 0.3 is 0 Å². The van der Waals surface area contributed by atoms with E-state index in [-0.39, 0.29) is 0 Å². The highest BCUT2D eigenvalue weighted by atomic mass is 16.5. The number of ether oxygens (including phenoxy) is 1. The van der Waals surface area contributed by atoms with E-state index in [0.29, 0.717) is 6.04 Å². The first-order chi connectivity index (χ1) is 9.31. The quantitative estimate of drug-likeness (QED) is 0.750. The van der Waals surface area contributed by atoms with E-state index >= 15 is 0 Å². The van der Waals surface area contributed by atoms with Gasteiger partial charge in [-0.3, -0.25) is 4.90 Å². The first-order valence-electron chi connectivity index (χ1n) is 8.36. The molecule has 1 heterocycles. The van der Waals surface area contributed by atoms with Gasteiger partial charge in [0, 0.05) is 44.9 Å². The van der Waals surface area contributed by atoms with Crippen LogP contribution in [0.25, 0.3) is 0 Å². The monoisotopic (exact) mass is 268 g/mol. The van der Waals surface area contributed by atoms with Gasteiger partial charge in [-0.15, -0.1) is 0 Å². The lowest BCUT2D eigenvalue weighted by Gasteiger charge is -2.44. The van der Waals surface area contributed by atoms with Crippen molar-refractivity contribution < 1.29 is 4.74 Å². The summed E-state index contributed by atoms with van der Waals surface area (Å²) in [4.78, 5) is 2.75. The van der Waals surface area contributed by atoms with Crippen LogP contribution in [-0.2, 0) is 4.74 Å². The molecule has 19 heavy (non-hydrogen) atoms. The molecule has 112 valence electrons. The molecule has 3 heteroatoms. The summed E-state index contributed by atoms with van der Waals surface area (Å²) in [5, 5.41) is 3.69. The van der Waals surface area contributed by atoms with E-state index in [1.807, 2.05) is 0 Å². The minimum Gasteiger partial charge on any atom is -0.382 e. The third kappa shape index (κ3) is 4.73. The van der Waals surface area contributed by atoms with Crippen LogP contribution in [0.3, 0.4) is 0 Å². The number of nitrogens with one attached hydrogen (secondary N) is 1. The fourth-order valence-electron chi connectivity index (χ4n) is 3.76. The zero-order valence-electron chi connectivity index (χ0n) is 12.9. The summed E-state index contributed by atoms with van der Waals surface area (Å²) in [7, 11) is 0. The largest absolute Gasteiger partial charge is 0.382 e. The van der Waals surface area contributed by atoms with Crippen molar-refractivity contribution in [2.24, 2.45) is 5.92 Å². The Morgan fingerprint density at radius 2 is 2.00 bits per heavy atom. The van der Waals surface area contributed by atoms with Gasteiger partial charge in [-0.25, -0.2) is 0 Å². The lowest BCUT2D eigenvalue weighted by molar-refractivity contribution is 0.0615. The molecule has 1 saturated heterocycles. The van der Waals surface area contributed by atoms with Gasteiger partial charge in [0.25, 0.3) is 0 Å². The normalized spacial score (nSPS) is 30.6. The Labute approximate surface area is 119 Å². The zero-order valence-corrected chi connectivity index (χ0v) is 12.9. The maximum atomic E-state index is 5.49. The summed E-state index contributed by atoms with van der Waals surface area (Å²) in [6.07, 6.45) is 8.43. The zero-order chi connectivity index (χ0) is 13.5. The Morgan fingerprint density at radius 1 is 1.21 bits per heavy atom. The maximum absolute atomic E-state index is 5.49. The molecule has 1 aliphatic carbocycles. The third-order valence-corrected chi connectivity index (χ3v) is 4.78. The molecular weight excluding hydrogens is 236 g/mol. The van der Waals surface area contributed by atoms with Gasteiger partial charge in [0.1, 0.15) is 0 Å². The fraction of sp³-hybridized carbons (Fsp3) is 1.00. The Kier molecular flexibility index (Phi) is 6.62. The molecule has 1 saturated carbocycles. The first-order valence-corrected chi connectivity index (χ1v) is 8.36. The Morgan fingerprint density at radius 3 is 2.74 bits per heavy atom. The van der Waals surface area contributed by atoms with Crippen molar-refractivity contribution in [3.8, 4) is 0 Å². The van der Waals surface area contributed by atoms with E-state index in [0.717, 1.165) is 25.2 Å². The molecule has 2 unspecified atom stereocenters. The molecule has 0 aromatic rings. The van der Waals surface area contributed by atoms with Crippen LogP contribution < -0.4 is 5.32 Å². The van der Waals surface area contributed by atoms with Gasteiger partial charge < -0.3 is 10.1 Å². The van der Waals surface area contributed by atoms with Crippen LogP contribution in [0.2, 0.25) is 0 Å². The minimum absolute atomic E-state index is 0.645. The smallest absolute Gasteiger partial charge is 0.0478 e. The van der Waals surface area contributed by atoms with Crippen LogP contribution in [0.4, 0.5) is 0 Å². The van der Waals surface area contributed by atoms with E-state index in [2.05, 4.69) is 24.1 Å². The SMILES string of the molecule is CCOCCCN1CC(C)NCC1C1CCCCC1. The maximum Gasteiger partial charge on any atom is 0.0478 e. The van der Waals surface area contributed by atoms with Crippen LogP contribution >= 0.6 is 0 Å². The van der Waals surface area contributed by atoms with Crippen molar-refractivity contribution >= 4 is 0 Å². The third-order valence-electron chi connectivity index (χ3n) is 4.78. The second kappa shape index (κ2) is 8.23. The van der Waals surface area contributed by atoms with Crippen LogP contribution in [0.15, 0.2) is 0 Å². The minimum atomic E-state index is 0.645. The molecule has 2 rings (SSSR count). The van der Waals surface area contributed by atoms with E-state index < -0.39 is 0 Å². The van der Waals surface area contributed by atoms with Gasteiger partial charge in [-0.1, -0.05) is 19.3 Å². The van der Waals surface area contributed by atoms with Gasteiger partial charge in [0.05, 0.1) is 0 Å². The molecular formula is C16H32N2O. The van der Waals surface area contributed by atoms with Crippen molar-refractivity contribution in [2.45, 2.75) is 64.5 Å². The Bertz CT molecular complexity index is 241. The number of rotatable bonds is 6. The van der Waals surface area contributed by atoms with E-state index in [1.165, 1.54) is 58.2 Å². The molecule has 0 radical (unpaired) electrons. The molecule has 0 spiro atoms. The summed E-state index contributed by atoms with van der Waals surface area (Å²) in [5.41, 5.74) is 0. The Hall–Kier alpha value is -0.120. The Balaban J connectivity index is 1.82. The number of hydrogen-bond donors (Lipinski definition) is 1. The molecule has 1 N–H and O–H groups in total. The highest BCUT2D eigenvalue weighted by Gasteiger charge is 2.32. The molecule has 0 amide bonds. The standard InChI is InChI=1S/C16H32N2O/c1-3-19-11-7-10-18-13-14(2)17-12-16(18)15-8-5-4-6-9-15/h14-17H,3-13H2,1-2H3. The average Bonchev–Trinajstić information content (AvgIpc) is 2.45. The van der Waals surface area contributed by atoms with Gasteiger partial charge in [-0.05, 0) is 39.0 Å². The van der Waals surface area contributed by atoms with Gasteiger partial charge in [0.15, 0.2) is 0 Å². The molecule has 0 aromatic carbocycles. The van der Waals surface area contributed by atoms with Gasteiger partial charge in [-0.2, -0.15) is 0 Å². The lowest BCUT2D eigenvalue weighted by atomic mass is 9.82. The predicted molar refractivity (Wildman–Crippen MR) is 80.5 cm³/mol. The summed E-state index contributed by atoms with van der Waals surface area (Å²) in [6, 6.07) is 1.42.